The van der Waals surface area contributed by atoms with E-state index in [1.54, 1.807) is 13.4 Å². The van der Waals surface area contributed by atoms with Gasteiger partial charge in [-0.2, -0.15) is 0 Å². The van der Waals surface area contributed by atoms with E-state index in [0.717, 1.165) is 19.3 Å². The second-order valence-electron chi connectivity index (χ2n) is 8.41. The predicted octanol–water partition coefficient (Wildman–Crippen LogP) is 0.702. The molecule has 1 aliphatic carbocycles. The van der Waals surface area contributed by atoms with Crippen molar-refractivity contribution < 1.29 is 24.5 Å². The van der Waals surface area contributed by atoms with Gasteiger partial charge in [0.1, 0.15) is 31.6 Å². The van der Waals surface area contributed by atoms with Crippen LogP contribution in [0.1, 0.15) is 25.7 Å². The second-order valence-corrected chi connectivity index (χ2v) is 9.53. The van der Waals surface area contributed by atoms with Crippen molar-refractivity contribution in [2.24, 2.45) is 22.0 Å². The number of nitrogens with one attached hydrogen (secondary N) is 1. The van der Waals surface area contributed by atoms with Gasteiger partial charge >= 0.3 is 0 Å². The third-order valence-corrected chi connectivity index (χ3v) is 7.93. The molecule has 1 saturated carbocycles. The molecule has 4 rings (SSSR count). The lowest BCUT2D eigenvalue weighted by Crippen LogP contribution is -2.55. The van der Waals surface area contributed by atoms with E-state index in [0.29, 0.717) is 18.8 Å². The maximum atomic E-state index is 10.8. The fraction of sp³-hybridized carbons (Fsp3) is 0.895. The van der Waals surface area contributed by atoms with Crippen LogP contribution in [0, 0.1) is 11.8 Å². The van der Waals surface area contributed by atoms with Gasteiger partial charge in [-0.25, -0.2) is 4.99 Å². The third kappa shape index (κ3) is 4.05. The summed E-state index contributed by atoms with van der Waals surface area (Å²) in [5.74, 6) is 0.718. The van der Waals surface area contributed by atoms with Crippen LogP contribution in [-0.2, 0) is 14.3 Å². The van der Waals surface area contributed by atoms with E-state index in [9.17, 15) is 10.2 Å². The van der Waals surface area contributed by atoms with Gasteiger partial charge in [0.25, 0.3) is 0 Å². The number of alkyl halides is 2. The maximum absolute atomic E-state index is 10.8. The summed E-state index contributed by atoms with van der Waals surface area (Å²) in [4.78, 5) is 11.2. The molecular weight excluding hydrogens is 435 g/mol. The number of fused-ring (bicyclic) bond motifs is 1. The molecule has 9 nitrogen and oxygen atoms in total. The first-order chi connectivity index (χ1) is 14.5. The summed E-state index contributed by atoms with van der Waals surface area (Å²) in [5.41, 5.74) is 0. The topological polar surface area (TPSA) is 108 Å². The van der Waals surface area contributed by atoms with Crippen molar-refractivity contribution in [1.29, 1.82) is 0 Å². The number of hydrogen-bond donors (Lipinski definition) is 3. The van der Waals surface area contributed by atoms with Crippen LogP contribution in [0.5, 0.6) is 0 Å². The van der Waals surface area contributed by atoms with Crippen LogP contribution in [0.3, 0.4) is 0 Å². The van der Waals surface area contributed by atoms with E-state index in [-0.39, 0.29) is 34.9 Å². The smallest absolute Gasteiger partial charge is 0.175 e. The first-order valence-electron chi connectivity index (χ1n) is 10.4. The SMILES string of the molecule is CO/N=C1/N=CNC2C1CCN2[C@@H]1O[C@H]([C@H](OC)C2CCC(Cl)C(Cl)C2)[C@@H](O)[C@H]1O. The number of amidine groups is 1. The highest BCUT2D eigenvalue weighted by Gasteiger charge is 2.54. The minimum Gasteiger partial charge on any atom is -0.398 e. The normalized spacial score (nSPS) is 46.6. The zero-order chi connectivity index (χ0) is 21.4. The van der Waals surface area contributed by atoms with Gasteiger partial charge < -0.3 is 29.8 Å². The molecule has 4 aliphatic rings. The number of aliphatic imine (C=N–C) groups is 1. The van der Waals surface area contributed by atoms with E-state index in [2.05, 4.69) is 15.5 Å². The predicted molar refractivity (Wildman–Crippen MR) is 113 cm³/mol. The summed E-state index contributed by atoms with van der Waals surface area (Å²) in [6.45, 7) is 0.661. The highest BCUT2D eigenvalue weighted by Crippen LogP contribution is 2.40. The number of aliphatic hydroxyl groups is 2. The molecular formula is C19H30Cl2N4O5. The summed E-state index contributed by atoms with van der Waals surface area (Å²) in [6.07, 6.45) is 0.694. The van der Waals surface area contributed by atoms with Gasteiger partial charge in [-0.15, -0.1) is 23.2 Å². The van der Waals surface area contributed by atoms with Crippen LogP contribution in [0.15, 0.2) is 10.1 Å². The van der Waals surface area contributed by atoms with Crippen LogP contribution in [0.25, 0.3) is 0 Å². The number of methoxy groups -OCH3 is 1. The summed E-state index contributed by atoms with van der Waals surface area (Å²) >= 11 is 12.7. The molecule has 5 unspecified atom stereocenters. The van der Waals surface area contributed by atoms with Crippen molar-refractivity contribution in [3.8, 4) is 0 Å². The van der Waals surface area contributed by atoms with Gasteiger partial charge in [-0.1, -0.05) is 5.16 Å². The largest absolute Gasteiger partial charge is 0.398 e. The average molecular weight is 465 g/mol. The lowest BCUT2D eigenvalue weighted by molar-refractivity contribution is -0.141. The highest BCUT2D eigenvalue weighted by molar-refractivity contribution is 6.30. The Morgan fingerprint density at radius 3 is 2.73 bits per heavy atom. The molecule has 0 radical (unpaired) electrons. The van der Waals surface area contributed by atoms with Crippen molar-refractivity contribution in [2.45, 2.75) is 73.2 Å². The molecule has 3 heterocycles. The Balaban J connectivity index is 1.48. The van der Waals surface area contributed by atoms with Crippen LogP contribution >= 0.6 is 23.2 Å². The Morgan fingerprint density at radius 1 is 1.23 bits per heavy atom. The van der Waals surface area contributed by atoms with Gasteiger partial charge in [-0.3, -0.25) is 4.90 Å². The number of aliphatic hydroxyl groups excluding tert-OH is 2. The van der Waals surface area contributed by atoms with Gasteiger partial charge in [0, 0.05) is 19.0 Å². The molecule has 30 heavy (non-hydrogen) atoms. The Hall–Kier alpha value is -0.680. The quantitative estimate of drug-likeness (QED) is 0.405. The molecule has 170 valence electrons. The Morgan fingerprint density at radius 2 is 2.03 bits per heavy atom. The molecule has 0 aromatic rings. The van der Waals surface area contributed by atoms with Crippen LogP contribution in [0.4, 0.5) is 0 Å². The van der Waals surface area contributed by atoms with E-state index in [1.807, 2.05) is 4.90 Å². The molecule has 3 aliphatic heterocycles. The summed E-state index contributed by atoms with van der Waals surface area (Å²) in [5, 5.41) is 28.7. The van der Waals surface area contributed by atoms with E-state index in [1.165, 1.54) is 7.11 Å². The van der Waals surface area contributed by atoms with Gasteiger partial charge in [0.2, 0.25) is 0 Å². The second kappa shape index (κ2) is 9.44. The summed E-state index contributed by atoms with van der Waals surface area (Å²) in [7, 11) is 3.10. The highest BCUT2D eigenvalue weighted by atomic mass is 35.5. The number of halogens is 2. The third-order valence-electron chi connectivity index (χ3n) is 6.79. The average Bonchev–Trinajstić information content (AvgIpc) is 3.28. The Bertz CT molecular complexity index is 671. The number of nitrogens with zero attached hydrogens (tertiary/aromatic N) is 3. The van der Waals surface area contributed by atoms with Gasteiger partial charge in [0.15, 0.2) is 5.84 Å². The molecule has 0 spiro atoms. The molecule has 0 bridgehead atoms. The lowest BCUT2D eigenvalue weighted by Gasteiger charge is -2.37. The van der Waals surface area contributed by atoms with Crippen LogP contribution in [0.2, 0.25) is 0 Å². The van der Waals surface area contributed by atoms with Crippen LogP contribution in [-0.4, -0.2) is 95.6 Å². The van der Waals surface area contributed by atoms with Gasteiger partial charge in [-0.05, 0) is 31.6 Å². The summed E-state index contributed by atoms with van der Waals surface area (Å²) < 4.78 is 12.0. The number of oxime groups is 1. The Kier molecular flexibility index (Phi) is 7.08. The number of likely N-dealkylation sites (tertiary alicyclic amines) is 1. The standard InChI is InChI=1S/C19H30Cl2N4O5/c1-28-15(9-3-4-11(20)12(21)7-9)16-13(26)14(27)19(30-16)25-6-5-10-17(24-29-2)22-8-23-18(10)25/h8-16,18-19,26-27H,3-7H2,1-2H3,(H,22,23,24)/t9?,10?,11?,12?,13-,14+,15+,16-,18?,19+/m0/s1. The van der Waals surface area contributed by atoms with Crippen molar-refractivity contribution in [3.63, 3.8) is 0 Å². The first-order valence-corrected chi connectivity index (χ1v) is 11.3. The Labute approximate surface area is 186 Å². The molecule has 0 aromatic heterocycles. The molecule has 3 N–H and O–H groups in total. The van der Waals surface area contributed by atoms with Crippen molar-refractivity contribution >= 4 is 35.4 Å². The van der Waals surface area contributed by atoms with E-state index in [4.69, 9.17) is 37.5 Å². The van der Waals surface area contributed by atoms with Crippen molar-refractivity contribution in [2.75, 3.05) is 20.8 Å². The number of ether oxygens (including phenoxy) is 2. The zero-order valence-corrected chi connectivity index (χ0v) is 18.6. The van der Waals surface area contributed by atoms with E-state index >= 15 is 0 Å². The molecule has 3 fully saturated rings. The number of hydrogen-bond acceptors (Lipinski definition) is 8. The molecule has 0 aromatic carbocycles. The minimum atomic E-state index is -1.06. The summed E-state index contributed by atoms with van der Waals surface area (Å²) in [6, 6.07) is 0. The fourth-order valence-corrected chi connectivity index (χ4v) is 5.86. The molecule has 0 amide bonds. The first kappa shape index (κ1) is 22.5. The van der Waals surface area contributed by atoms with Crippen molar-refractivity contribution in [3.05, 3.63) is 0 Å². The van der Waals surface area contributed by atoms with Gasteiger partial charge in [0.05, 0.1) is 29.9 Å². The maximum Gasteiger partial charge on any atom is 0.175 e. The lowest BCUT2D eigenvalue weighted by atomic mass is 9.81. The van der Waals surface area contributed by atoms with Crippen LogP contribution < -0.4 is 5.32 Å². The van der Waals surface area contributed by atoms with E-state index < -0.39 is 24.5 Å². The molecule has 2 saturated heterocycles. The molecule has 11 heteroatoms. The molecule has 10 atom stereocenters. The fourth-order valence-electron chi connectivity index (χ4n) is 5.28. The van der Waals surface area contributed by atoms with Crippen molar-refractivity contribution in [1.82, 2.24) is 10.2 Å². The zero-order valence-electron chi connectivity index (χ0n) is 17.1. The number of rotatable bonds is 5. The minimum absolute atomic E-state index is 0.0103. The monoisotopic (exact) mass is 464 g/mol.